The Morgan fingerprint density at radius 3 is 2.79 bits per heavy atom. The largest absolute Gasteiger partial charge is 0.434 e. The Hall–Kier alpha value is -1.20. The minimum absolute atomic E-state index is 0.234. The first-order chi connectivity index (χ1) is 9.06. The first-order valence-corrected chi connectivity index (χ1v) is 6.49. The van der Waals surface area contributed by atoms with E-state index in [4.69, 9.17) is 0 Å². The van der Waals surface area contributed by atoms with Gasteiger partial charge in [0.1, 0.15) is 5.75 Å². The van der Waals surface area contributed by atoms with Crippen LogP contribution in [0, 0.1) is 5.92 Å². The molecule has 0 spiro atoms. The molecular formula is C14H19F2NO2. The molecule has 1 aromatic carbocycles. The molecule has 0 radical (unpaired) electrons. The van der Waals surface area contributed by atoms with Crippen LogP contribution in [0.1, 0.15) is 18.9 Å². The van der Waals surface area contributed by atoms with Gasteiger partial charge >= 0.3 is 6.61 Å². The van der Waals surface area contributed by atoms with Gasteiger partial charge in [-0.25, -0.2) is 0 Å². The van der Waals surface area contributed by atoms with E-state index in [1.54, 1.807) is 25.1 Å². The van der Waals surface area contributed by atoms with Crippen LogP contribution in [0.2, 0.25) is 0 Å². The van der Waals surface area contributed by atoms with Crippen molar-refractivity contribution in [2.75, 3.05) is 13.1 Å². The van der Waals surface area contributed by atoms with Gasteiger partial charge in [-0.3, -0.25) is 4.90 Å². The number of ether oxygens (including phenoxy) is 1. The molecule has 1 aliphatic heterocycles. The standard InChI is InChI=1S/C14H19F2NO2/c1-10(18)11-6-7-17(8-11)9-12-4-2-3-5-13(12)19-14(15)16/h2-5,10-11,14,18H,6-9H2,1H3. The van der Waals surface area contributed by atoms with Crippen LogP contribution < -0.4 is 4.74 Å². The molecule has 1 heterocycles. The van der Waals surface area contributed by atoms with Crippen molar-refractivity contribution in [1.29, 1.82) is 0 Å². The summed E-state index contributed by atoms with van der Waals surface area (Å²) in [6.45, 7) is 1.23. The predicted octanol–water partition coefficient (Wildman–Crippen LogP) is 2.49. The molecule has 1 saturated heterocycles. The Kier molecular flexibility index (Phi) is 4.71. The van der Waals surface area contributed by atoms with Crippen molar-refractivity contribution in [1.82, 2.24) is 4.90 Å². The molecule has 1 N–H and O–H groups in total. The van der Waals surface area contributed by atoms with Crippen LogP contribution in [0.3, 0.4) is 0 Å². The van der Waals surface area contributed by atoms with Crippen molar-refractivity contribution in [2.24, 2.45) is 5.92 Å². The van der Waals surface area contributed by atoms with Gasteiger partial charge in [0.2, 0.25) is 0 Å². The predicted molar refractivity (Wildman–Crippen MR) is 68.1 cm³/mol. The fourth-order valence-electron chi connectivity index (χ4n) is 2.49. The van der Waals surface area contributed by atoms with E-state index >= 15 is 0 Å². The zero-order chi connectivity index (χ0) is 13.8. The van der Waals surface area contributed by atoms with Gasteiger partial charge in [-0.15, -0.1) is 0 Å². The molecule has 2 atom stereocenters. The van der Waals surface area contributed by atoms with Crippen LogP contribution in [0.15, 0.2) is 24.3 Å². The molecule has 0 saturated carbocycles. The minimum atomic E-state index is -2.80. The molecule has 3 nitrogen and oxygen atoms in total. The molecule has 1 aliphatic rings. The van der Waals surface area contributed by atoms with Crippen molar-refractivity contribution in [3.05, 3.63) is 29.8 Å². The second kappa shape index (κ2) is 6.30. The molecule has 106 valence electrons. The normalized spacial score (nSPS) is 21.8. The Morgan fingerprint density at radius 1 is 1.42 bits per heavy atom. The van der Waals surface area contributed by atoms with Crippen molar-refractivity contribution in [2.45, 2.75) is 32.6 Å². The number of nitrogens with zero attached hydrogens (tertiary/aromatic N) is 1. The zero-order valence-corrected chi connectivity index (χ0v) is 10.9. The number of hydrogen-bond acceptors (Lipinski definition) is 3. The maximum absolute atomic E-state index is 12.3. The van der Waals surface area contributed by atoms with Crippen molar-refractivity contribution in [3.8, 4) is 5.75 Å². The fourth-order valence-corrected chi connectivity index (χ4v) is 2.49. The number of likely N-dealkylation sites (tertiary alicyclic amines) is 1. The van der Waals surface area contributed by atoms with Crippen LogP contribution in [0.4, 0.5) is 8.78 Å². The lowest BCUT2D eigenvalue weighted by molar-refractivity contribution is -0.0507. The van der Waals surface area contributed by atoms with Gasteiger partial charge in [0.15, 0.2) is 0 Å². The highest BCUT2D eigenvalue weighted by Gasteiger charge is 2.26. The number of alkyl halides is 2. The topological polar surface area (TPSA) is 32.7 Å². The molecule has 1 aromatic rings. The van der Waals surface area contributed by atoms with E-state index in [1.807, 2.05) is 6.07 Å². The Labute approximate surface area is 111 Å². The molecule has 2 unspecified atom stereocenters. The summed E-state index contributed by atoms with van der Waals surface area (Å²) in [4.78, 5) is 2.16. The first kappa shape index (κ1) is 14.2. The van der Waals surface area contributed by atoms with Crippen LogP contribution in [-0.2, 0) is 6.54 Å². The lowest BCUT2D eigenvalue weighted by Gasteiger charge is -2.19. The summed E-state index contributed by atoms with van der Waals surface area (Å²) in [7, 11) is 0. The summed E-state index contributed by atoms with van der Waals surface area (Å²) in [6, 6.07) is 6.86. The number of aliphatic hydroxyl groups excluding tert-OH is 1. The third-order valence-corrected chi connectivity index (χ3v) is 3.57. The lowest BCUT2D eigenvalue weighted by Crippen LogP contribution is -2.24. The highest BCUT2D eigenvalue weighted by atomic mass is 19.3. The SMILES string of the molecule is CC(O)C1CCN(Cc2ccccc2OC(F)F)C1. The van der Waals surface area contributed by atoms with E-state index < -0.39 is 6.61 Å². The van der Waals surface area contributed by atoms with Crippen LogP contribution in [0.5, 0.6) is 5.75 Å². The Morgan fingerprint density at radius 2 is 2.16 bits per heavy atom. The average molecular weight is 271 g/mol. The molecular weight excluding hydrogens is 252 g/mol. The molecule has 0 aromatic heterocycles. The van der Waals surface area contributed by atoms with E-state index in [2.05, 4.69) is 9.64 Å². The Bertz CT molecular complexity index is 412. The van der Waals surface area contributed by atoms with Gasteiger partial charge in [-0.05, 0) is 31.9 Å². The van der Waals surface area contributed by atoms with Crippen LogP contribution in [-0.4, -0.2) is 35.8 Å². The fraction of sp³-hybridized carbons (Fsp3) is 0.571. The summed E-state index contributed by atoms with van der Waals surface area (Å²) in [6.07, 6.45) is 0.618. The summed E-state index contributed by atoms with van der Waals surface area (Å²) in [5, 5.41) is 9.56. The second-order valence-electron chi connectivity index (χ2n) is 5.01. The highest BCUT2D eigenvalue weighted by molar-refractivity contribution is 5.33. The van der Waals surface area contributed by atoms with Crippen molar-refractivity contribution in [3.63, 3.8) is 0 Å². The molecule has 0 aliphatic carbocycles. The average Bonchev–Trinajstić information content (AvgIpc) is 2.80. The van der Waals surface area contributed by atoms with Gasteiger partial charge in [0.05, 0.1) is 6.10 Å². The van der Waals surface area contributed by atoms with Crippen molar-refractivity contribution < 1.29 is 18.6 Å². The number of hydrogen-bond donors (Lipinski definition) is 1. The van der Waals surface area contributed by atoms with Gasteiger partial charge < -0.3 is 9.84 Å². The van der Waals surface area contributed by atoms with Crippen LogP contribution in [0.25, 0.3) is 0 Å². The first-order valence-electron chi connectivity index (χ1n) is 6.49. The number of para-hydroxylation sites is 1. The summed E-state index contributed by atoms with van der Waals surface area (Å²) in [5.41, 5.74) is 0.758. The lowest BCUT2D eigenvalue weighted by atomic mass is 10.0. The van der Waals surface area contributed by atoms with E-state index in [-0.39, 0.29) is 17.8 Å². The maximum Gasteiger partial charge on any atom is 0.387 e. The van der Waals surface area contributed by atoms with E-state index in [0.29, 0.717) is 6.54 Å². The van der Waals surface area contributed by atoms with Gasteiger partial charge in [0, 0.05) is 18.7 Å². The molecule has 0 bridgehead atoms. The van der Waals surface area contributed by atoms with Crippen LogP contribution >= 0.6 is 0 Å². The molecule has 5 heteroatoms. The highest BCUT2D eigenvalue weighted by Crippen LogP contribution is 2.26. The Balaban J connectivity index is 2.00. The number of aliphatic hydroxyl groups is 1. The summed E-state index contributed by atoms with van der Waals surface area (Å²) in [5.74, 6) is 0.501. The van der Waals surface area contributed by atoms with Gasteiger partial charge in [-0.2, -0.15) is 8.78 Å². The monoisotopic (exact) mass is 271 g/mol. The number of halogens is 2. The smallest absolute Gasteiger partial charge is 0.387 e. The number of benzene rings is 1. The summed E-state index contributed by atoms with van der Waals surface area (Å²) < 4.78 is 29.1. The zero-order valence-electron chi connectivity index (χ0n) is 10.9. The maximum atomic E-state index is 12.3. The van der Waals surface area contributed by atoms with E-state index in [9.17, 15) is 13.9 Å². The number of rotatable bonds is 5. The molecule has 1 fully saturated rings. The van der Waals surface area contributed by atoms with Crippen molar-refractivity contribution >= 4 is 0 Å². The van der Waals surface area contributed by atoms with Gasteiger partial charge in [0.25, 0.3) is 0 Å². The molecule has 2 rings (SSSR count). The quantitative estimate of drug-likeness (QED) is 0.893. The van der Waals surface area contributed by atoms with E-state index in [0.717, 1.165) is 25.1 Å². The minimum Gasteiger partial charge on any atom is -0.434 e. The third kappa shape index (κ3) is 3.88. The summed E-state index contributed by atoms with van der Waals surface area (Å²) >= 11 is 0. The molecule has 19 heavy (non-hydrogen) atoms. The molecule has 0 amide bonds. The van der Waals surface area contributed by atoms with Gasteiger partial charge in [-0.1, -0.05) is 18.2 Å². The van der Waals surface area contributed by atoms with E-state index in [1.165, 1.54) is 0 Å². The third-order valence-electron chi connectivity index (χ3n) is 3.57. The second-order valence-corrected chi connectivity index (χ2v) is 5.01.